The van der Waals surface area contributed by atoms with Crippen molar-refractivity contribution in [2.75, 3.05) is 12.4 Å². The van der Waals surface area contributed by atoms with Gasteiger partial charge in [0, 0.05) is 6.42 Å². The van der Waals surface area contributed by atoms with E-state index in [4.69, 9.17) is 4.74 Å². The Labute approximate surface area is 153 Å². The van der Waals surface area contributed by atoms with Crippen LogP contribution < -0.4 is 4.74 Å². The number of benzene rings is 2. The lowest BCUT2D eigenvalue weighted by molar-refractivity contribution is -0.120. The lowest BCUT2D eigenvalue weighted by Crippen LogP contribution is -2.46. The van der Waals surface area contributed by atoms with Crippen LogP contribution in [0.25, 0.3) is 0 Å². The topological polar surface area (TPSA) is 63.7 Å². The zero-order chi connectivity index (χ0) is 18.0. The average molecular weight is 402 g/mol. The maximum atomic E-state index is 12.7. The van der Waals surface area contributed by atoms with Crippen molar-refractivity contribution in [1.29, 1.82) is 0 Å². The Morgan fingerprint density at radius 2 is 1.60 bits per heavy atom. The van der Waals surface area contributed by atoms with E-state index in [0.717, 1.165) is 10.5 Å². The first kappa shape index (κ1) is 17.4. The van der Waals surface area contributed by atoms with Crippen LogP contribution in [-0.2, 0) is 11.2 Å². The molecule has 2 aromatic rings. The molecule has 0 aliphatic carbocycles. The van der Waals surface area contributed by atoms with Crippen molar-refractivity contribution in [1.82, 2.24) is 4.90 Å². The number of methoxy groups -OCH3 is 1. The van der Waals surface area contributed by atoms with Gasteiger partial charge in [0.1, 0.15) is 11.8 Å². The van der Waals surface area contributed by atoms with Crippen molar-refractivity contribution in [2.24, 2.45) is 0 Å². The Morgan fingerprint density at radius 3 is 2.08 bits per heavy atom. The number of ketones is 1. The van der Waals surface area contributed by atoms with Crippen LogP contribution in [0.15, 0.2) is 48.5 Å². The average Bonchev–Trinajstić information content (AvgIpc) is 2.91. The van der Waals surface area contributed by atoms with Crippen molar-refractivity contribution >= 4 is 33.5 Å². The van der Waals surface area contributed by atoms with E-state index in [0.29, 0.717) is 16.9 Å². The summed E-state index contributed by atoms with van der Waals surface area (Å²) in [6.45, 7) is 0. The molecule has 2 aromatic carbocycles. The van der Waals surface area contributed by atoms with Crippen molar-refractivity contribution in [3.05, 3.63) is 65.2 Å². The second-order valence-corrected chi connectivity index (χ2v) is 6.25. The summed E-state index contributed by atoms with van der Waals surface area (Å²) in [6.07, 6.45) is 0.264. The number of nitrogens with zero attached hydrogens (tertiary/aromatic N) is 1. The van der Waals surface area contributed by atoms with Crippen molar-refractivity contribution in [2.45, 2.75) is 12.5 Å². The van der Waals surface area contributed by atoms with Gasteiger partial charge in [-0.3, -0.25) is 19.3 Å². The summed E-state index contributed by atoms with van der Waals surface area (Å²) in [5, 5.41) is 0.0707. The van der Waals surface area contributed by atoms with Crippen LogP contribution in [0.1, 0.15) is 26.3 Å². The summed E-state index contributed by atoms with van der Waals surface area (Å²) in [4.78, 5) is 38.9. The molecule has 2 amide bonds. The molecule has 3 rings (SSSR count). The van der Waals surface area contributed by atoms with E-state index >= 15 is 0 Å². The summed E-state index contributed by atoms with van der Waals surface area (Å²) >= 11 is 3.15. The Kier molecular flexibility index (Phi) is 4.99. The molecule has 1 atom stereocenters. The van der Waals surface area contributed by atoms with Crippen LogP contribution >= 0.6 is 15.9 Å². The number of imide groups is 1. The highest BCUT2D eigenvalue weighted by Gasteiger charge is 2.42. The molecule has 0 radical (unpaired) electrons. The molecule has 5 nitrogen and oxygen atoms in total. The van der Waals surface area contributed by atoms with Crippen LogP contribution in [-0.4, -0.2) is 41.0 Å². The highest BCUT2D eigenvalue weighted by atomic mass is 79.9. The number of amides is 2. The second kappa shape index (κ2) is 7.19. The van der Waals surface area contributed by atoms with Gasteiger partial charge in [-0.15, -0.1) is 0 Å². The number of carbonyl (C=O) groups excluding carboxylic acids is 3. The summed E-state index contributed by atoms with van der Waals surface area (Å²) in [5.74, 6) is -0.361. The first-order valence-electron chi connectivity index (χ1n) is 7.75. The molecule has 0 fully saturated rings. The molecule has 1 heterocycles. The smallest absolute Gasteiger partial charge is 0.262 e. The quantitative estimate of drug-likeness (QED) is 0.551. The Balaban J connectivity index is 1.93. The van der Waals surface area contributed by atoms with Crippen LogP contribution in [0.4, 0.5) is 0 Å². The van der Waals surface area contributed by atoms with E-state index < -0.39 is 17.9 Å². The van der Waals surface area contributed by atoms with E-state index in [1.807, 2.05) is 12.1 Å². The van der Waals surface area contributed by atoms with Crippen molar-refractivity contribution in [3.63, 3.8) is 0 Å². The minimum atomic E-state index is -0.847. The maximum Gasteiger partial charge on any atom is 0.262 e. The molecule has 1 aliphatic rings. The molecule has 0 unspecified atom stereocenters. The van der Waals surface area contributed by atoms with E-state index in [1.54, 1.807) is 43.5 Å². The molecular formula is C19H16BrNO4. The molecule has 25 heavy (non-hydrogen) atoms. The number of Topliss-reactive ketones (excluding diaryl/α,β-unsaturated/α-hetero) is 1. The molecule has 0 bridgehead atoms. The minimum Gasteiger partial charge on any atom is -0.497 e. The molecule has 0 saturated heterocycles. The van der Waals surface area contributed by atoms with Gasteiger partial charge >= 0.3 is 0 Å². The van der Waals surface area contributed by atoms with E-state index in [1.165, 1.54) is 0 Å². The minimum absolute atomic E-state index is 0.0707. The number of alkyl halides is 1. The summed E-state index contributed by atoms with van der Waals surface area (Å²) in [6, 6.07) is 13.0. The third-order valence-corrected chi connectivity index (χ3v) is 4.78. The second-order valence-electron chi connectivity index (χ2n) is 5.69. The summed E-state index contributed by atoms with van der Waals surface area (Å²) in [5.41, 5.74) is 1.53. The lowest BCUT2D eigenvalue weighted by atomic mass is 10.0. The predicted molar refractivity (Wildman–Crippen MR) is 96.2 cm³/mol. The van der Waals surface area contributed by atoms with Crippen LogP contribution in [0.5, 0.6) is 5.75 Å². The number of rotatable bonds is 6. The number of ether oxygens (including phenoxy) is 1. The van der Waals surface area contributed by atoms with E-state index in [9.17, 15) is 14.4 Å². The Bertz CT molecular complexity index is 797. The Hall–Kier alpha value is -2.47. The van der Waals surface area contributed by atoms with Gasteiger partial charge in [0.2, 0.25) is 0 Å². The zero-order valence-corrected chi connectivity index (χ0v) is 15.2. The molecule has 0 saturated carbocycles. The van der Waals surface area contributed by atoms with Gasteiger partial charge in [-0.25, -0.2) is 0 Å². The predicted octanol–water partition coefficient (Wildman–Crippen LogP) is 2.87. The van der Waals surface area contributed by atoms with Gasteiger partial charge in [-0.1, -0.05) is 40.2 Å². The van der Waals surface area contributed by atoms with Crippen molar-refractivity contribution in [3.8, 4) is 5.75 Å². The first-order valence-corrected chi connectivity index (χ1v) is 8.87. The lowest BCUT2D eigenvalue weighted by Gasteiger charge is -2.24. The normalized spacial score (nSPS) is 14.4. The van der Waals surface area contributed by atoms with Crippen LogP contribution in [0.3, 0.4) is 0 Å². The van der Waals surface area contributed by atoms with E-state index in [-0.39, 0.29) is 17.5 Å². The highest BCUT2D eigenvalue weighted by molar-refractivity contribution is 9.09. The fourth-order valence-corrected chi connectivity index (χ4v) is 3.29. The van der Waals surface area contributed by atoms with Crippen LogP contribution in [0, 0.1) is 0 Å². The van der Waals surface area contributed by atoms with E-state index in [2.05, 4.69) is 15.9 Å². The SMILES string of the molecule is COc1ccc(C[C@@H](C(=O)CBr)N2C(=O)c3ccccc3C2=O)cc1. The van der Waals surface area contributed by atoms with Gasteiger partial charge in [0.05, 0.1) is 23.6 Å². The van der Waals surface area contributed by atoms with Crippen molar-refractivity contribution < 1.29 is 19.1 Å². The van der Waals surface area contributed by atoms with Gasteiger partial charge in [0.25, 0.3) is 11.8 Å². The molecule has 0 spiro atoms. The molecule has 0 aromatic heterocycles. The number of carbonyl (C=O) groups is 3. The number of fused-ring (bicyclic) bond motifs is 1. The van der Waals surface area contributed by atoms with Gasteiger partial charge in [-0.2, -0.15) is 0 Å². The largest absolute Gasteiger partial charge is 0.497 e. The first-order chi connectivity index (χ1) is 12.1. The number of halogens is 1. The third-order valence-electron chi connectivity index (χ3n) is 4.23. The zero-order valence-electron chi connectivity index (χ0n) is 13.6. The standard InChI is InChI=1S/C19H16BrNO4/c1-25-13-8-6-12(7-9-13)10-16(17(22)11-20)21-18(23)14-4-2-3-5-15(14)19(21)24/h2-9,16H,10-11H2,1H3/t16-/m0/s1. The third kappa shape index (κ3) is 3.22. The highest BCUT2D eigenvalue weighted by Crippen LogP contribution is 2.27. The fraction of sp³-hybridized carbons (Fsp3) is 0.211. The number of hydrogen-bond donors (Lipinski definition) is 0. The molecular weight excluding hydrogens is 386 g/mol. The number of hydrogen-bond acceptors (Lipinski definition) is 4. The summed E-state index contributed by atoms with van der Waals surface area (Å²) < 4.78 is 5.13. The Morgan fingerprint density at radius 1 is 1.04 bits per heavy atom. The molecule has 1 aliphatic heterocycles. The van der Waals surface area contributed by atoms with Gasteiger partial charge < -0.3 is 4.74 Å². The molecule has 6 heteroatoms. The molecule has 0 N–H and O–H groups in total. The van der Waals surface area contributed by atoms with Crippen LogP contribution in [0.2, 0.25) is 0 Å². The molecule has 128 valence electrons. The maximum absolute atomic E-state index is 12.7. The summed E-state index contributed by atoms with van der Waals surface area (Å²) in [7, 11) is 1.57. The van der Waals surface area contributed by atoms with Gasteiger partial charge in [-0.05, 0) is 29.8 Å². The fourth-order valence-electron chi connectivity index (χ4n) is 2.91. The monoisotopic (exact) mass is 401 g/mol. The van der Waals surface area contributed by atoms with Gasteiger partial charge in [0.15, 0.2) is 5.78 Å².